The Morgan fingerprint density at radius 1 is 0.909 bits per heavy atom. The SMILES string of the molecule is CCOC(Cc1ccc(OCCC(=O)NCc2cccc(-c3ccccc3)c2)cc1)C(=O)O. The first kappa shape index (κ1) is 24.0. The summed E-state index contributed by atoms with van der Waals surface area (Å²) in [6.07, 6.45) is -0.332. The molecule has 0 heterocycles. The second-order valence-corrected chi connectivity index (χ2v) is 7.57. The van der Waals surface area contributed by atoms with Gasteiger partial charge >= 0.3 is 5.97 Å². The topological polar surface area (TPSA) is 84.9 Å². The quantitative estimate of drug-likeness (QED) is 0.428. The summed E-state index contributed by atoms with van der Waals surface area (Å²) in [5.74, 6) is -0.432. The van der Waals surface area contributed by atoms with E-state index in [1.165, 1.54) is 0 Å². The van der Waals surface area contributed by atoms with Gasteiger partial charge in [-0.25, -0.2) is 4.79 Å². The number of aliphatic carboxylic acids is 1. The number of ether oxygens (including phenoxy) is 2. The van der Waals surface area contributed by atoms with E-state index in [9.17, 15) is 14.7 Å². The molecule has 1 amide bonds. The van der Waals surface area contributed by atoms with Crippen LogP contribution in [0.3, 0.4) is 0 Å². The maximum Gasteiger partial charge on any atom is 0.333 e. The fraction of sp³-hybridized carbons (Fsp3) is 0.259. The second kappa shape index (κ2) is 12.4. The van der Waals surface area contributed by atoms with Gasteiger partial charge in [-0.1, -0.05) is 60.7 Å². The zero-order valence-corrected chi connectivity index (χ0v) is 18.7. The summed E-state index contributed by atoms with van der Waals surface area (Å²) in [4.78, 5) is 23.4. The minimum Gasteiger partial charge on any atom is -0.493 e. The van der Waals surface area contributed by atoms with Crippen LogP contribution in [0.5, 0.6) is 5.75 Å². The van der Waals surface area contributed by atoms with Crippen molar-refractivity contribution in [2.24, 2.45) is 0 Å². The van der Waals surface area contributed by atoms with Crippen molar-refractivity contribution in [2.45, 2.75) is 32.4 Å². The Balaban J connectivity index is 1.41. The third kappa shape index (κ3) is 7.77. The molecule has 0 saturated carbocycles. The number of hydrogen-bond acceptors (Lipinski definition) is 4. The summed E-state index contributed by atoms with van der Waals surface area (Å²) < 4.78 is 10.9. The molecule has 1 unspecified atom stereocenters. The highest BCUT2D eigenvalue weighted by molar-refractivity contribution is 5.76. The van der Waals surface area contributed by atoms with E-state index >= 15 is 0 Å². The number of rotatable bonds is 12. The highest BCUT2D eigenvalue weighted by Gasteiger charge is 2.17. The Kier molecular flexibility index (Phi) is 9.03. The van der Waals surface area contributed by atoms with E-state index in [-0.39, 0.29) is 25.4 Å². The van der Waals surface area contributed by atoms with Crippen molar-refractivity contribution in [1.29, 1.82) is 0 Å². The molecule has 0 aliphatic carbocycles. The maximum atomic E-state index is 12.2. The number of benzene rings is 3. The molecule has 0 aliphatic rings. The largest absolute Gasteiger partial charge is 0.493 e. The lowest BCUT2D eigenvalue weighted by molar-refractivity contribution is -0.149. The van der Waals surface area contributed by atoms with Crippen LogP contribution in [0.1, 0.15) is 24.5 Å². The standard InChI is InChI=1S/C27H29NO5/c1-2-32-25(27(30)31)18-20-11-13-24(14-12-20)33-16-15-26(29)28-19-21-7-6-10-23(17-21)22-8-4-3-5-9-22/h3-14,17,25H,2,15-16,18-19H2,1H3,(H,28,29)(H,30,31). The first-order chi connectivity index (χ1) is 16.0. The van der Waals surface area contributed by atoms with Crippen LogP contribution in [0.15, 0.2) is 78.9 Å². The van der Waals surface area contributed by atoms with Gasteiger partial charge in [0.05, 0.1) is 13.0 Å². The fourth-order valence-electron chi connectivity index (χ4n) is 3.40. The predicted octanol–water partition coefficient (Wildman–Crippen LogP) is 4.47. The van der Waals surface area contributed by atoms with Crippen LogP contribution in [-0.4, -0.2) is 36.3 Å². The molecule has 0 radical (unpaired) electrons. The Morgan fingerprint density at radius 2 is 1.64 bits per heavy atom. The molecule has 0 aromatic heterocycles. The molecule has 33 heavy (non-hydrogen) atoms. The molecular weight excluding hydrogens is 418 g/mol. The lowest BCUT2D eigenvalue weighted by Gasteiger charge is -2.13. The van der Waals surface area contributed by atoms with Crippen molar-refractivity contribution >= 4 is 11.9 Å². The molecule has 0 aliphatic heterocycles. The Labute approximate surface area is 194 Å². The smallest absolute Gasteiger partial charge is 0.333 e. The van der Waals surface area contributed by atoms with E-state index in [4.69, 9.17) is 9.47 Å². The van der Waals surface area contributed by atoms with Crippen LogP contribution < -0.4 is 10.1 Å². The minimum absolute atomic E-state index is 0.0854. The van der Waals surface area contributed by atoms with Gasteiger partial charge in [0.1, 0.15) is 5.75 Å². The average Bonchev–Trinajstić information content (AvgIpc) is 2.84. The monoisotopic (exact) mass is 447 g/mol. The molecule has 0 fully saturated rings. The normalized spacial score (nSPS) is 11.5. The summed E-state index contributed by atoms with van der Waals surface area (Å²) in [7, 11) is 0. The van der Waals surface area contributed by atoms with Crippen molar-refractivity contribution in [3.63, 3.8) is 0 Å². The van der Waals surface area contributed by atoms with E-state index in [0.717, 1.165) is 22.3 Å². The van der Waals surface area contributed by atoms with Gasteiger partial charge in [0.25, 0.3) is 0 Å². The zero-order chi connectivity index (χ0) is 23.5. The first-order valence-corrected chi connectivity index (χ1v) is 11.0. The summed E-state index contributed by atoms with van der Waals surface area (Å²) >= 11 is 0. The summed E-state index contributed by atoms with van der Waals surface area (Å²) in [6, 6.07) is 25.4. The summed E-state index contributed by atoms with van der Waals surface area (Å²) in [5.41, 5.74) is 4.14. The van der Waals surface area contributed by atoms with Gasteiger partial charge in [0.15, 0.2) is 6.10 Å². The number of carbonyl (C=O) groups excluding carboxylic acids is 1. The molecule has 0 spiro atoms. The van der Waals surface area contributed by atoms with Crippen LogP contribution in [0.25, 0.3) is 11.1 Å². The van der Waals surface area contributed by atoms with Crippen LogP contribution in [0.4, 0.5) is 0 Å². The first-order valence-electron chi connectivity index (χ1n) is 11.0. The molecule has 6 heteroatoms. The lowest BCUT2D eigenvalue weighted by Crippen LogP contribution is -2.26. The van der Waals surface area contributed by atoms with E-state index in [0.29, 0.717) is 18.9 Å². The van der Waals surface area contributed by atoms with Gasteiger partial charge in [0, 0.05) is 19.6 Å². The molecule has 3 aromatic carbocycles. The van der Waals surface area contributed by atoms with Crippen molar-refractivity contribution in [1.82, 2.24) is 5.32 Å². The van der Waals surface area contributed by atoms with Gasteiger partial charge in [-0.3, -0.25) is 4.79 Å². The van der Waals surface area contributed by atoms with E-state index < -0.39 is 12.1 Å². The number of carboxylic acid groups (broad SMARTS) is 1. The van der Waals surface area contributed by atoms with Crippen LogP contribution >= 0.6 is 0 Å². The van der Waals surface area contributed by atoms with E-state index in [2.05, 4.69) is 29.6 Å². The van der Waals surface area contributed by atoms with Crippen LogP contribution in [-0.2, 0) is 27.3 Å². The third-order valence-corrected chi connectivity index (χ3v) is 5.11. The average molecular weight is 448 g/mol. The molecular formula is C27H29NO5. The van der Waals surface area contributed by atoms with Gasteiger partial charge in [-0.2, -0.15) is 0 Å². The van der Waals surface area contributed by atoms with Crippen molar-refractivity contribution in [2.75, 3.05) is 13.2 Å². The number of nitrogens with one attached hydrogen (secondary N) is 1. The number of amides is 1. The molecule has 0 saturated heterocycles. The van der Waals surface area contributed by atoms with Crippen LogP contribution in [0.2, 0.25) is 0 Å². The minimum atomic E-state index is -0.977. The highest BCUT2D eigenvalue weighted by Crippen LogP contribution is 2.20. The van der Waals surface area contributed by atoms with E-state index in [1.54, 1.807) is 19.1 Å². The van der Waals surface area contributed by atoms with Crippen molar-refractivity contribution in [3.8, 4) is 16.9 Å². The molecule has 172 valence electrons. The summed E-state index contributed by atoms with van der Waals surface area (Å²) in [5, 5.41) is 12.1. The van der Waals surface area contributed by atoms with Crippen LogP contribution in [0, 0.1) is 0 Å². The Bertz CT molecular complexity index is 1030. The molecule has 6 nitrogen and oxygen atoms in total. The highest BCUT2D eigenvalue weighted by atomic mass is 16.5. The Hall–Kier alpha value is -3.64. The van der Waals surface area contributed by atoms with Gasteiger partial charge in [-0.05, 0) is 47.4 Å². The molecule has 3 aromatic rings. The van der Waals surface area contributed by atoms with Gasteiger partial charge < -0.3 is 19.9 Å². The number of hydrogen-bond donors (Lipinski definition) is 2. The number of carbonyl (C=O) groups is 2. The molecule has 2 N–H and O–H groups in total. The van der Waals surface area contributed by atoms with Gasteiger partial charge in [-0.15, -0.1) is 0 Å². The predicted molar refractivity (Wildman–Crippen MR) is 127 cm³/mol. The molecule has 1 atom stereocenters. The number of carboxylic acids is 1. The lowest BCUT2D eigenvalue weighted by atomic mass is 10.0. The molecule has 3 rings (SSSR count). The third-order valence-electron chi connectivity index (χ3n) is 5.11. The summed E-state index contributed by atoms with van der Waals surface area (Å²) in [6.45, 7) is 2.83. The molecule has 0 bridgehead atoms. The maximum absolute atomic E-state index is 12.2. The second-order valence-electron chi connectivity index (χ2n) is 7.57. The fourth-order valence-corrected chi connectivity index (χ4v) is 3.40. The van der Waals surface area contributed by atoms with E-state index in [1.807, 2.05) is 42.5 Å². The van der Waals surface area contributed by atoms with Crippen molar-refractivity contribution < 1.29 is 24.2 Å². The Morgan fingerprint density at radius 3 is 2.33 bits per heavy atom. The zero-order valence-electron chi connectivity index (χ0n) is 18.7. The van der Waals surface area contributed by atoms with Gasteiger partial charge in [0.2, 0.25) is 5.91 Å². The van der Waals surface area contributed by atoms with Crippen molar-refractivity contribution in [3.05, 3.63) is 90.0 Å².